The summed E-state index contributed by atoms with van der Waals surface area (Å²) in [6.45, 7) is -0.165. The van der Waals surface area contributed by atoms with E-state index < -0.39 is 22.5 Å². The van der Waals surface area contributed by atoms with Gasteiger partial charge in [-0.15, -0.1) is 0 Å². The van der Waals surface area contributed by atoms with E-state index in [2.05, 4.69) is 10.5 Å². The number of hydrogen-bond acceptors (Lipinski definition) is 5. The molecule has 38 heavy (non-hydrogen) atoms. The molecule has 0 unspecified atom stereocenters. The highest BCUT2D eigenvalue weighted by molar-refractivity contribution is 7.92. The molecule has 0 aliphatic heterocycles. The molecule has 4 rings (SSSR count). The van der Waals surface area contributed by atoms with Crippen molar-refractivity contribution in [3.63, 3.8) is 0 Å². The maximum Gasteiger partial charge on any atom is 0.264 e. The van der Waals surface area contributed by atoms with Gasteiger partial charge in [0.05, 0.1) is 16.8 Å². The van der Waals surface area contributed by atoms with Gasteiger partial charge in [0.2, 0.25) is 0 Å². The number of rotatable bonds is 10. The van der Waals surface area contributed by atoms with Crippen molar-refractivity contribution in [2.75, 3.05) is 10.8 Å². The lowest BCUT2D eigenvalue weighted by Crippen LogP contribution is -2.39. The van der Waals surface area contributed by atoms with Crippen molar-refractivity contribution < 1.29 is 17.9 Å². The van der Waals surface area contributed by atoms with Crippen LogP contribution in [0.2, 0.25) is 10.0 Å². The van der Waals surface area contributed by atoms with Gasteiger partial charge in [-0.1, -0.05) is 65.7 Å². The number of carbonyl (C=O) groups is 1. The van der Waals surface area contributed by atoms with Crippen LogP contribution in [-0.2, 0) is 21.4 Å². The first-order chi connectivity index (χ1) is 18.3. The van der Waals surface area contributed by atoms with Crippen molar-refractivity contribution >= 4 is 51.0 Å². The largest absolute Gasteiger partial charge is 0.489 e. The van der Waals surface area contributed by atoms with Crippen LogP contribution in [-0.4, -0.2) is 27.1 Å². The minimum atomic E-state index is -4.04. The van der Waals surface area contributed by atoms with E-state index in [9.17, 15) is 13.2 Å². The molecule has 0 spiro atoms. The van der Waals surface area contributed by atoms with Gasteiger partial charge >= 0.3 is 0 Å². The maximum atomic E-state index is 13.3. The second kappa shape index (κ2) is 12.6. The topological polar surface area (TPSA) is 88.1 Å². The van der Waals surface area contributed by atoms with Crippen molar-refractivity contribution in [2.45, 2.75) is 11.5 Å². The fourth-order valence-corrected chi connectivity index (χ4v) is 5.25. The molecule has 194 valence electrons. The first-order valence-electron chi connectivity index (χ1n) is 11.4. The second-order valence-corrected chi connectivity index (χ2v) is 10.8. The van der Waals surface area contributed by atoms with Crippen molar-refractivity contribution in [1.29, 1.82) is 0 Å². The van der Waals surface area contributed by atoms with Crippen LogP contribution >= 0.6 is 23.2 Å². The fourth-order valence-electron chi connectivity index (χ4n) is 3.44. The van der Waals surface area contributed by atoms with Crippen LogP contribution in [0.4, 0.5) is 5.69 Å². The molecule has 0 atom stereocenters. The summed E-state index contributed by atoms with van der Waals surface area (Å²) in [5.74, 6) is 0.0230. The van der Waals surface area contributed by atoms with Gasteiger partial charge in [0.15, 0.2) is 0 Å². The minimum Gasteiger partial charge on any atom is -0.489 e. The molecule has 0 saturated heterocycles. The van der Waals surface area contributed by atoms with Crippen molar-refractivity contribution in [3.05, 3.63) is 124 Å². The summed E-state index contributed by atoms with van der Waals surface area (Å²) < 4.78 is 33.4. The molecule has 7 nitrogen and oxygen atoms in total. The number of halogens is 2. The third-order valence-corrected chi connectivity index (χ3v) is 7.74. The summed E-state index contributed by atoms with van der Waals surface area (Å²) in [5, 5.41) is 4.94. The van der Waals surface area contributed by atoms with Crippen molar-refractivity contribution in [2.24, 2.45) is 5.10 Å². The lowest BCUT2D eigenvalue weighted by Gasteiger charge is -2.23. The average molecular weight is 568 g/mol. The monoisotopic (exact) mass is 567 g/mol. The molecule has 0 fully saturated rings. The summed E-state index contributed by atoms with van der Waals surface area (Å²) in [7, 11) is -4.04. The molecule has 1 amide bonds. The van der Waals surface area contributed by atoms with Gasteiger partial charge in [-0.05, 0) is 66.2 Å². The predicted octanol–water partition coefficient (Wildman–Crippen LogP) is 5.92. The minimum absolute atomic E-state index is 0.0492. The Labute approximate surface area is 231 Å². The number of ether oxygens (including phenoxy) is 1. The molecule has 0 heterocycles. The number of sulfonamides is 1. The van der Waals surface area contributed by atoms with Gasteiger partial charge in [-0.2, -0.15) is 5.10 Å². The normalized spacial score (nSPS) is 11.3. The van der Waals surface area contributed by atoms with Gasteiger partial charge in [0.25, 0.3) is 15.9 Å². The summed E-state index contributed by atoms with van der Waals surface area (Å²) in [4.78, 5) is 12.7. The van der Waals surface area contributed by atoms with Gasteiger partial charge < -0.3 is 4.74 Å². The van der Waals surface area contributed by atoms with Gasteiger partial charge in [0.1, 0.15) is 18.9 Å². The highest BCUT2D eigenvalue weighted by atomic mass is 35.5. The van der Waals surface area contributed by atoms with E-state index in [0.717, 1.165) is 9.87 Å². The Morgan fingerprint density at radius 1 is 0.895 bits per heavy atom. The quantitative estimate of drug-likeness (QED) is 0.190. The van der Waals surface area contributed by atoms with Gasteiger partial charge in [-0.25, -0.2) is 13.8 Å². The Kier molecular flexibility index (Phi) is 9.02. The number of hydrazone groups is 1. The number of benzene rings is 4. The summed E-state index contributed by atoms with van der Waals surface area (Å²) in [6.07, 6.45) is 1.45. The number of anilines is 1. The highest BCUT2D eigenvalue weighted by Gasteiger charge is 2.27. The summed E-state index contributed by atoms with van der Waals surface area (Å²) in [5.41, 5.74) is 4.23. The maximum absolute atomic E-state index is 13.3. The SMILES string of the molecule is O=C(CN(c1cccc(Cl)c1)S(=O)(=O)c1ccccc1)N/N=C/c1ccc(OCc2ccccc2Cl)cc1. The molecule has 1 N–H and O–H groups in total. The molecule has 0 radical (unpaired) electrons. The molecule has 0 aliphatic rings. The smallest absolute Gasteiger partial charge is 0.264 e. The van der Waals surface area contributed by atoms with E-state index in [1.165, 1.54) is 24.4 Å². The molecule has 0 bridgehead atoms. The number of hydrogen-bond donors (Lipinski definition) is 1. The molecular weight excluding hydrogens is 545 g/mol. The van der Waals surface area contributed by atoms with E-state index in [-0.39, 0.29) is 10.6 Å². The predicted molar refractivity (Wildman–Crippen MR) is 150 cm³/mol. The van der Waals surface area contributed by atoms with Gasteiger partial charge in [0, 0.05) is 15.6 Å². The van der Waals surface area contributed by atoms with Crippen LogP contribution in [0, 0.1) is 0 Å². The van der Waals surface area contributed by atoms with Gasteiger partial charge in [-0.3, -0.25) is 9.10 Å². The van der Waals surface area contributed by atoms with E-state index in [1.807, 2.05) is 18.2 Å². The zero-order valence-electron chi connectivity index (χ0n) is 20.0. The first-order valence-corrected chi connectivity index (χ1v) is 13.6. The number of carbonyl (C=O) groups excluding carboxylic acids is 1. The van der Waals surface area contributed by atoms with Crippen LogP contribution in [0.25, 0.3) is 0 Å². The molecule has 0 aromatic heterocycles. The Bertz CT molecular complexity index is 1530. The summed E-state index contributed by atoms with van der Waals surface area (Å²) >= 11 is 12.2. The number of amides is 1. The Morgan fingerprint density at radius 3 is 2.32 bits per heavy atom. The highest BCUT2D eigenvalue weighted by Crippen LogP contribution is 2.26. The first kappa shape index (κ1) is 27.2. The third-order valence-electron chi connectivity index (χ3n) is 5.35. The molecule has 4 aromatic rings. The molecular formula is C28H23Cl2N3O4S. The number of nitrogens with zero attached hydrogens (tertiary/aromatic N) is 2. The van der Waals surface area contributed by atoms with Crippen molar-refractivity contribution in [1.82, 2.24) is 5.43 Å². The zero-order valence-corrected chi connectivity index (χ0v) is 22.3. The lowest BCUT2D eigenvalue weighted by molar-refractivity contribution is -0.119. The molecule has 0 saturated carbocycles. The fraction of sp³-hybridized carbons (Fsp3) is 0.0714. The van der Waals surface area contributed by atoms with Crippen LogP contribution in [0.1, 0.15) is 11.1 Å². The molecule has 0 aliphatic carbocycles. The van der Waals surface area contributed by atoms with E-state index in [1.54, 1.807) is 66.7 Å². The number of nitrogens with one attached hydrogen (secondary N) is 1. The van der Waals surface area contributed by atoms with E-state index in [0.29, 0.717) is 28.0 Å². The standard InChI is InChI=1S/C28H23Cl2N3O4S/c29-23-8-6-9-24(17-23)33(38(35,36)26-10-2-1-3-11-26)19-28(34)32-31-18-21-13-15-25(16-14-21)37-20-22-7-4-5-12-27(22)30/h1-18H,19-20H2,(H,32,34)/b31-18+. The molecule has 10 heteroatoms. The Morgan fingerprint density at radius 2 is 1.61 bits per heavy atom. The average Bonchev–Trinajstić information content (AvgIpc) is 2.92. The van der Waals surface area contributed by atoms with Crippen LogP contribution in [0.3, 0.4) is 0 Å². The lowest BCUT2D eigenvalue weighted by atomic mass is 10.2. The Hall–Kier alpha value is -3.85. The van der Waals surface area contributed by atoms with E-state index >= 15 is 0 Å². The van der Waals surface area contributed by atoms with Crippen LogP contribution in [0.15, 0.2) is 113 Å². The second-order valence-electron chi connectivity index (χ2n) is 8.05. The van der Waals surface area contributed by atoms with Crippen LogP contribution < -0.4 is 14.5 Å². The Balaban J connectivity index is 1.40. The third kappa shape index (κ3) is 7.13. The zero-order chi connectivity index (χ0) is 27.0. The van der Waals surface area contributed by atoms with E-state index in [4.69, 9.17) is 27.9 Å². The van der Waals surface area contributed by atoms with Crippen LogP contribution in [0.5, 0.6) is 5.75 Å². The molecule has 4 aromatic carbocycles. The summed E-state index contributed by atoms with van der Waals surface area (Å²) in [6, 6.07) is 28.7. The van der Waals surface area contributed by atoms with Crippen molar-refractivity contribution in [3.8, 4) is 5.75 Å².